The minimum Gasteiger partial charge on any atom is -0.377 e. The van der Waals surface area contributed by atoms with Gasteiger partial charge in [-0.25, -0.2) is 0 Å². The van der Waals surface area contributed by atoms with Gasteiger partial charge in [-0.2, -0.15) is 0 Å². The zero-order valence-electron chi connectivity index (χ0n) is 8.51. The lowest BCUT2D eigenvalue weighted by Crippen LogP contribution is -2.02. The predicted molar refractivity (Wildman–Crippen MR) is 64.4 cm³/mol. The lowest BCUT2D eigenvalue weighted by molar-refractivity contribution is 0.117. The Hall–Kier alpha value is -0.280. The van der Waals surface area contributed by atoms with E-state index in [1.165, 1.54) is 0 Å². The molecule has 1 aromatic rings. The molecule has 0 aliphatic heterocycles. The van der Waals surface area contributed by atoms with Gasteiger partial charge in [0.2, 0.25) is 0 Å². The van der Waals surface area contributed by atoms with Gasteiger partial charge in [0.1, 0.15) is 0 Å². The van der Waals surface area contributed by atoms with Crippen LogP contribution in [0.2, 0.25) is 10.0 Å². The van der Waals surface area contributed by atoms with Gasteiger partial charge in [-0.3, -0.25) is 0 Å². The second-order valence-corrected chi connectivity index (χ2v) is 4.06. The molecular weight excluding hydrogens is 233 g/mol. The average Bonchev–Trinajstić information content (AvgIpc) is 2.21. The Morgan fingerprint density at radius 2 is 1.80 bits per heavy atom. The summed E-state index contributed by atoms with van der Waals surface area (Å²) in [6, 6.07) is 5.45. The van der Waals surface area contributed by atoms with Crippen molar-refractivity contribution in [1.82, 2.24) is 0 Å². The number of rotatable bonds is 6. The van der Waals surface area contributed by atoms with Crippen molar-refractivity contribution >= 4 is 23.2 Å². The summed E-state index contributed by atoms with van der Waals surface area (Å²) in [6.45, 7) is 1.86. The minimum atomic E-state index is 0.461. The van der Waals surface area contributed by atoms with E-state index in [-0.39, 0.29) is 0 Å². The molecule has 1 aromatic carbocycles. The molecule has 0 saturated carbocycles. The normalized spacial score (nSPS) is 10.6. The number of halogens is 2. The fraction of sp³-hybridized carbons (Fsp3) is 0.455. The van der Waals surface area contributed by atoms with Crippen molar-refractivity contribution in [2.45, 2.75) is 19.4 Å². The van der Waals surface area contributed by atoms with Crippen molar-refractivity contribution in [3.05, 3.63) is 33.8 Å². The highest BCUT2D eigenvalue weighted by molar-refractivity contribution is 6.35. The van der Waals surface area contributed by atoms with Crippen molar-refractivity contribution in [3.8, 4) is 0 Å². The molecule has 0 fully saturated rings. The van der Waals surface area contributed by atoms with E-state index in [9.17, 15) is 0 Å². The predicted octanol–water partition coefficient (Wildman–Crippen LogP) is 3.25. The van der Waals surface area contributed by atoms with E-state index in [0.717, 1.165) is 18.4 Å². The van der Waals surface area contributed by atoms with E-state index in [2.05, 4.69) is 0 Å². The molecule has 1 rings (SSSR count). The topological polar surface area (TPSA) is 35.2 Å². The van der Waals surface area contributed by atoms with Gasteiger partial charge >= 0.3 is 0 Å². The third-order valence-corrected chi connectivity index (χ3v) is 2.76. The first-order chi connectivity index (χ1) is 7.25. The molecular formula is C11H15Cl2NO. The first kappa shape index (κ1) is 12.8. The van der Waals surface area contributed by atoms with E-state index < -0.39 is 0 Å². The van der Waals surface area contributed by atoms with Crippen LogP contribution < -0.4 is 5.73 Å². The Balaban J connectivity index is 2.37. The zero-order chi connectivity index (χ0) is 11.1. The van der Waals surface area contributed by atoms with Crippen LogP contribution in [0.1, 0.15) is 18.4 Å². The zero-order valence-corrected chi connectivity index (χ0v) is 10.0. The van der Waals surface area contributed by atoms with E-state index in [0.29, 0.717) is 29.8 Å². The number of unbranched alkanes of at least 4 members (excludes halogenated alkanes) is 1. The second-order valence-electron chi connectivity index (χ2n) is 3.25. The molecule has 4 heteroatoms. The van der Waals surface area contributed by atoms with Gasteiger partial charge in [0.05, 0.1) is 6.61 Å². The molecule has 0 saturated heterocycles. The molecule has 84 valence electrons. The quantitative estimate of drug-likeness (QED) is 0.784. The van der Waals surface area contributed by atoms with Gasteiger partial charge in [-0.1, -0.05) is 29.3 Å². The average molecular weight is 248 g/mol. The van der Waals surface area contributed by atoms with Crippen LogP contribution in [0.15, 0.2) is 18.2 Å². The van der Waals surface area contributed by atoms with Gasteiger partial charge < -0.3 is 10.5 Å². The monoisotopic (exact) mass is 247 g/mol. The maximum absolute atomic E-state index is 5.99. The molecule has 0 aliphatic rings. The Labute approximate surface area is 100 Å². The molecule has 0 heterocycles. The molecule has 15 heavy (non-hydrogen) atoms. The first-order valence-corrected chi connectivity index (χ1v) is 5.72. The summed E-state index contributed by atoms with van der Waals surface area (Å²) in [4.78, 5) is 0. The molecule has 0 aliphatic carbocycles. The van der Waals surface area contributed by atoms with Crippen LogP contribution in [0.4, 0.5) is 0 Å². The summed E-state index contributed by atoms with van der Waals surface area (Å²) in [6.07, 6.45) is 1.95. The summed E-state index contributed by atoms with van der Waals surface area (Å²) in [5, 5.41) is 1.31. The third kappa shape index (κ3) is 4.39. The summed E-state index contributed by atoms with van der Waals surface area (Å²) in [7, 11) is 0. The third-order valence-electron chi connectivity index (χ3n) is 2.05. The van der Waals surface area contributed by atoms with Gasteiger partial charge in [-0.05, 0) is 31.5 Å². The largest absolute Gasteiger partial charge is 0.377 e. The van der Waals surface area contributed by atoms with Crippen LogP contribution >= 0.6 is 23.2 Å². The Kier molecular flexibility index (Phi) is 6.03. The molecule has 2 N–H and O–H groups in total. The van der Waals surface area contributed by atoms with E-state index in [4.69, 9.17) is 33.7 Å². The van der Waals surface area contributed by atoms with Crippen LogP contribution in [0, 0.1) is 0 Å². The molecule has 2 nitrogen and oxygen atoms in total. The molecule has 0 aromatic heterocycles. The minimum absolute atomic E-state index is 0.461. The molecule has 0 radical (unpaired) electrons. The van der Waals surface area contributed by atoms with Gasteiger partial charge in [0.15, 0.2) is 0 Å². The van der Waals surface area contributed by atoms with Crippen molar-refractivity contribution < 1.29 is 4.74 Å². The maximum atomic E-state index is 5.99. The highest BCUT2D eigenvalue weighted by Gasteiger charge is 2.04. The summed E-state index contributed by atoms with van der Waals surface area (Å²) < 4.78 is 5.46. The lowest BCUT2D eigenvalue weighted by atomic mass is 10.2. The van der Waals surface area contributed by atoms with Gasteiger partial charge in [0, 0.05) is 22.2 Å². The number of hydrogen-bond donors (Lipinski definition) is 1. The summed E-state index contributed by atoms with van der Waals surface area (Å²) in [5.74, 6) is 0. The SMILES string of the molecule is NCCCCOCc1c(Cl)cccc1Cl. The van der Waals surface area contributed by atoms with Crippen molar-refractivity contribution in [2.75, 3.05) is 13.2 Å². The van der Waals surface area contributed by atoms with Crippen LogP contribution in [0.3, 0.4) is 0 Å². The van der Waals surface area contributed by atoms with Crippen molar-refractivity contribution in [1.29, 1.82) is 0 Å². The summed E-state index contributed by atoms with van der Waals surface area (Å²) >= 11 is 12.0. The molecule has 0 unspecified atom stereocenters. The highest BCUT2D eigenvalue weighted by atomic mass is 35.5. The number of nitrogens with two attached hydrogens (primary N) is 1. The number of benzene rings is 1. The second kappa shape index (κ2) is 7.07. The molecule has 0 spiro atoms. The van der Waals surface area contributed by atoms with E-state index in [1.54, 1.807) is 0 Å². The smallest absolute Gasteiger partial charge is 0.0746 e. The standard InChI is InChI=1S/C11H15Cl2NO/c12-10-4-3-5-11(13)9(10)8-15-7-2-1-6-14/h3-5H,1-2,6-8,14H2. The molecule has 0 amide bonds. The Morgan fingerprint density at radius 3 is 2.40 bits per heavy atom. The molecule has 0 atom stereocenters. The fourth-order valence-corrected chi connectivity index (χ4v) is 1.70. The number of hydrogen-bond acceptors (Lipinski definition) is 2. The van der Waals surface area contributed by atoms with E-state index >= 15 is 0 Å². The van der Waals surface area contributed by atoms with Crippen LogP contribution in [-0.4, -0.2) is 13.2 Å². The molecule has 0 bridgehead atoms. The van der Waals surface area contributed by atoms with Crippen LogP contribution in [-0.2, 0) is 11.3 Å². The van der Waals surface area contributed by atoms with Crippen LogP contribution in [0.5, 0.6) is 0 Å². The maximum Gasteiger partial charge on any atom is 0.0746 e. The van der Waals surface area contributed by atoms with Gasteiger partial charge in [0.25, 0.3) is 0 Å². The van der Waals surface area contributed by atoms with Crippen molar-refractivity contribution in [3.63, 3.8) is 0 Å². The van der Waals surface area contributed by atoms with Crippen molar-refractivity contribution in [2.24, 2.45) is 5.73 Å². The summed E-state index contributed by atoms with van der Waals surface area (Å²) in [5.41, 5.74) is 6.23. The highest BCUT2D eigenvalue weighted by Crippen LogP contribution is 2.24. The Morgan fingerprint density at radius 1 is 1.13 bits per heavy atom. The Bertz CT molecular complexity index is 284. The van der Waals surface area contributed by atoms with E-state index in [1.807, 2.05) is 18.2 Å². The first-order valence-electron chi connectivity index (χ1n) is 4.96. The lowest BCUT2D eigenvalue weighted by Gasteiger charge is -2.07. The fourth-order valence-electron chi connectivity index (χ4n) is 1.19. The number of ether oxygens (including phenoxy) is 1. The van der Waals surface area contributed by atoms with Gasteiger partial charge in [-0.15, -0.1) is 0 Å². The van der Waals surface area contributed by atoms with Crippen LogP contribution in [0.25, 0.3) is 0 Å².